The quantitative estimate of drug-likeness (QED) is 0.573. The Hall–Kier alpha value is -2.42. The first-order valence-electron chi connectivity index (χ1n) is 8.76. The number of aryl methyl sites for hydroxylation is 1. The Morgan fingerprint density at radius 3 is 2.56 bits per heavy atom. The van der Waals surface area contributed by atoms with Gasteiger partial charge in [-0.15, -0.1) is 0 Å². The lowest BCUT2D eigenvalue weighted by Crippen LogP contribution is -2.29. The number of sulfonamides is 1. The molecule has 4 N–H and O–H groups in total. The molecule has 2 aromatic rings. The Labute approximate surface area is 160 Å². The minimum atomic E-state index is -3.64. The van der Waals surface area contributed by atoms with Crippen molar-refractivity contribution in [2.24, 2.45) is 5.73 Å². The summed E-state index contributed by atoms with van der Waals surface area (Å²) in [4.78, 5) is 12.3. The highest BCUT2D eigenvalue weighted by molar-refractivity contribution is 7.89. The van der Waals surface area contributed by atoms with Gasteiger partial charge in [-0.3, -0.25) is 4.79 Å². The number of benzene rings is 2. The summed E-state index contributed by atoms with van der Waals surface area (Å²) < 4.78 is 32.0. The second-order valence-electron chi connectivity index (χ2n) is 5.84. The highest BCUT2D eigenvalue weighted by Gasteiger charge is 2.14. The van der Waals surface area contributed by atoms with Gasteiger partial charge in [0.25, 0.3) is 0 Å². The number of rotatable bonds is 10. The molecule has 146 valence electrons. The summed E-state index contributed by atoms with van der Waals surface area (Å²) in [5, 5.41) is 2.73. The molecule has 1 amide bonds. The van der Waals surface area contributed by atoms with Gasteiger partial charge in [0.1, 0.15) is 5.75 Å². The van der Waals surface area contributed by atoms with Crippen LogP contribution in [0.3, 0.4) is 0 Å². The number of amides is 1. The fourth-order valence-corrected chi connectivity index (χ4v) is 3.51. The topological polar surface area (TPSA) is 111 Å². The van der Waals surface area contributed by atoms with Gasteiger partial charge >= 0.3 is 0 Å². The Kier molecular flexibility index (Phi) is 7.78. The molecule has 0 unspecified atom stereocenters. The van der Waals surface area contributed by atoms with Crippen molar-refractivity contribution in [3.05, 3.63) is 54.1 Å². The van der Waals surface area contributed by atoms with Gasteiger partial charge in [-0.25, -0.2) is 13.1 Å². The molecule has 2 rings (SSSR count). The standard InChI is InChI=1S/C19H25N3O4S/c1-2-26-17-9-6-15(7-10-17)8-11-19(23)22-16-4-3-5-18(14-16)27(24,25)21-13-12-20/h3-7,9-10,14,21H,2,8,11-13,20H2,1H3,(H,22,23). The molecule has 0 fully saturated rings. The van der Waals surface area contributed by atoms with Crippen molar-refractivity contribution < 1.29 is 17.9 Å². The van der Waals surface area contributed by atoms with Crippen molar-refractivity contribution in [1.82, 2.24) is 4.72 Å². The smallest absolute Gasteiger partial charge is 0.240 e. The van der Waals surface area contributed by atoms with Gasteiger partial charge in [-0.1, -0.05) is 18.2 Å². The number of ether oxygens (including phenoxy) is 1. The number of nitrogens with one attached hydrogen (secondary N) is 2. The molecule has 0 aromatic heterocycles. The summed E-state index contributed by atoms with van der Waals surface area (Å²) in [5.41, 5.74) is 6.78. The fourth-order valence-electron chi connectivity index (χ4n) is 2.42. The largest absolute Gasteiger partial charge is 0.494 e. The number of hydrogen-bond acceptors (Lipinski definition) is 5. The summed E-state index contributed by atoms with van der Waals surface area (Å²) in [5.74, 6) is 0.611. The third kappa shape index (κ3) is 6.67. The van der Waals surface area contributed by atoms with Gasteiger partial charge in [0.15, 0.2) is 0 Å². The van der Waals surface area contributed by atoms with Crippen LogP contribution in [0.15, 0.2) is 53.4 Å². The van der Waals surface area contributed by atoms with E-state index in [0.29, 0.717) is 18.7 Å². The molecular formula is C19H25N3O4S. The third-order valence-electron chi connectivity index (χ3n) is 3.74. The highest BCUT2D eigenvalue weighted by Crippen LogP contribution is 2.17. The van der Waals surface area contributed by atoms with E-state index < -0.39 is 10.0 Å². The van der Waals surface area contributed by atoms with Crippen molar-refractivity contribution >= 4 is 21.6 Å². The molecule has 0 aliphatic rings. The average molecular weight is 391 g/mol. The molecule has 8 heteroatoms. The first kappa shape index (κ1) is 20.9. The summed E-state index contributed by atoms with van der Waals surface area (Å²) in [6, 6.07) is 13.7. The zero-order valence-corrected chi connectivity index (χ0v) is 16.1. The summed E-state index contributed by atoms with van der Waals surface area (Å²) in [6.07, 6.45) is 0.866. The van der Waals surface area contributed by atoms with Crippen molar-refractivity contribution in [2.45, 2.75) is 24.7 Å². The van der Waals surface area contributed by atoms with Crippen LogP contribution in [0, 0.1) is 0 Å². The lowest BCUT2D eigenvalue weighted by Gasteiger charge is -2.09. The number of carbonyl (C=O) groups is 1. The molecule has 0 saturated carbocycles. The van der Waals surface area contributed by atoms with Crippen LogP contribution in [0.2, 0.25) is 0 Å². The van der Waals surface area contributed by atoms with E-state index in [-0.39, 0.29) is 30.3 Å². The maximum Gasteiger partial charge on any atom is 0.240 e. The van der Waals surface area contributed by atoms with Crippen molar-refractivity contribution in [3.63, 3.8) is 0 Å². The van der Waals surface area contributed by atoms with Gasteiger partial charge in [-0.05, 0) is 49.2 Å². The first-order chi connectivity index (χ1) is 12.9. The monoisotopic (exact) mass is 391 g/mol. The van der Waals surface area contributed by atoms with Crippen LogP contribution in [-0.2, 0) is 21.2 Å². The molecule has 0 atom stereocenters. The second-order valence-corrected chi connectivity index (χ2v) is 7.61. The fraction of sp³-hybridized carbons (Fsp3) is 0.316. The van der Waals surface area contributed by atoms with Crippen LogP contribution in [0.1, 0.15) is 18.9 Å². The molecule has 0 spiro atoms. The zero-order chi connectivity index (χ0) is 19.7. The van der Waals surface area contributed by atoms with Crippen LogP contribution in [0.5, 0.6) is 5.75 Å². The summed E-state index contributed by atoms with van der Waals surface area (Å²) in [7, 11) is -3.64. The molecule has 0 aliphatic heterocycles. The normalized spacial score (nSPS) is 11.2. The van der Waals surface area contributed by atoms with Crippen LogP contribution in [0.4, 0.5) is 5.69 Å². The molecule has 0 aliphatic carbocycles. The van der Waals surface area contributed by atoms with Gasteiger partial charge in [-0.2, -0.15) is 0 Å². The van der Waals surface area contributed by atoms with E-state index in [1.165, 1.54) is 12.1 Å². The van der Waals surface area contributed by atoms with Crippen LogP contribution in [0.25, 0.3) is 0 Å². The third-order valence-corrected chi connectivity index (χ3v) is 5.20. The Balaban J connectivity index is 1.92. The van der Waals surface area contributed by atoms with Crippen molar-refractivity contribution in [1.29, 1.82) is 0 Å². The minimum Gasteiger partial charge on any atom is -0.494 e. The van der Waals surface area contributed by atoms with E-state index >= 15 is 0 Å². The summed E-state index contributed by atoms with van der Waals surface area (Å²) in [6.45, 7) is 2.90. The predicted molar refractivity (Wildman–Crippen MR) is 105 cm³/mol. The molecule has 0 heterocycles. The lowest BCUT2D eigenvalue weighted by atomic mass is 10.1. The van der Waals surface area contributed by atoms with E-state index in [9.17, 15) is 13.2 Å². The molecule has 7 nitrogen and oxygen atoms in total. The Bertz CT molecular complexity index is 852. The summed E-state index contributed by atoms with van der Waals surface area (Å²) >= 11 is 0. The van der Waals surface area contributed by atoms with E-state index in [1.54, 1.807) is 12.1 Å². The van der Waals surface area contributed by atoms with Gasteiger partial charge in [0.05, 0.1) is 11.5 Å². The molecule has 0 radical (unpaired) electrons. The van der Waals surface area contributed by atoms with Crippen LogP contribution >= 0.6 is 0 Å². The van der Waals surface area contributed by atoms with E-state index in [0.717, 1.165) is 11.3 Å². The molecule has 0 bridgehead atoms. The SMILES string of the molecule is CCOc1ccc(CCC(=O)Nc2cccc(S(=O)(=O)NCCN)c2)cc1. The van der Waals surface area contributed by atoms with E-state index in [1.807, 2.05) is 31.2 Å². The van der Waals surface area contributed by atoms with E-state index in [4.69, 9.17) is 10.5 Å². The Morgan fingerprint density at radius 1 is 1.15 bits per heavy atom. The highest BCUT2D eigenvalue weighted by atomic mass is 32.2. The zero-order valence-electron chi connectivity index (χ0n) is 15.3. The van der Waals surface area contributed by atoms with Crippen LogP contribution < -0.4 is 20.5 Å². The van der Waals surface area contributed by atoms with Crippen LogP contribution in [-0.4, -0.2) is 34.0 Å². The number of hydrogen-bond donors (Lipinski definition) is 3. The molecule has 0 saturated heterocycles. The average Bonchev–Trinajstić information content (AvgIpc) is 2.66. The van der Waals surface area contributed by atoms with Gasteiger partial charge in [0, 0.05) is 25.2 Å². The maximum absolute atomic E-state index is 12.2. The molecule has 2 aromatic carbocycles. The minimum absolute atomic E-state index is 0.0836. The Morgan fingerprint density at radius 2 is 1.89 bits per heavy atom. The predicted octanol–water partition coefficient (Wildman–Crippen LogP) is 1.89. The first-order valence-corrected chi connectivity index (χ1v) is 10.2. The molecular weight excluding hydrogens is 366 g/mol. The number of carbonyl (C=O) groups excluding carboxylic acids is 1. The van der Waals surface area contributed by atoms with Gasteiger partial charge < -0.3 is 15.8 Å². The van der Waals surface area contributed by atoms with Gasteiger partial charge in [0.2, 0.25) is 15.9 Å². The van der Waals surface area contributed by atoms with Crippen molar-refractivity contribution in [2.75, 3.05) is 25.0 Å². The van der Waals surface area contributed by atoms with Crippen molar-refractivity contribution in [3.8, 4) is 5.75 Å². The number of nitrogens with two attached hydrogens (primary N) is 1. The second kappa shape index (κ2) is 10.1. The molecule has 27 heavy (non-hydrogen) atoms. The number of anilines is 1. The lowest BCUT2D eigenvalue weighted by molar-refractivity contribution is -0.116. The maximum atomic E-state index is 12.2. The van der Waals surface area contributed by atoms with E-state index in [2.05, 4.69) is 10.0 Å².